The van der Waals surface area contributed by atoms with Gasteiger partial charge >= 0.3 is 0 Å². The Labute approximate surface area is 114 Å². The monoisotopic (exact) mass is 265 g/mol. The maximum atomic E-state index is 13.4. The maximum Gasteiger partial charge on any atom is 0.186 e. The predicted molar refractivity (Wildman–Crippen MR) is 75.3 cm³/mol. The lowest BCUT2D eigenvalue weighted by molar-refractivity contribution is 0.167. The molecule has 1 saturated carbocycles. The summed E-state index contributed by atoms with van der Waals surface area (Å²) in [6.07, 6.45) is 4.53. The van der Waals surface area contributed by atoms with Gasteiger partial charge < -0.3 is 5.73 Å². The summed E-state index contributed by atoms with van der Waals surface area (Å²) in [6, 6.07) is 0. The fourth-order valence-corrected chi connectivity index (χ4v) is 3.00. The second-order valence-corrected chi connectivity index (χ2v) is 6.78. The average molecular weight is 265 g/mol. The van der Waals surface area contributed by atoms with Gasteiger partial charge in [0.05, 0.1) is 5.69 Å². The summed E-state index contributed by atoms with van der Waals surface area (Å²) in [5.41, 5.74) is 6.32. The Balaban J connectivity index is 2.10. The van der Waals surface area contributed by atoms with Gasteiger partial charge in [-0.1, -0.05) is 20.8 Å². The molecular weight excluding hydrogens is 241 g/mol. The highest BCUT2D eigenvalue weighted by atomic mass is 19.1. The highest BCUT2D eigenvalue weighted by molar-refractivity contribution is 5.32. The molecule has 0 unspecified atom stereocenters. The smallest absolute Gasteiger partial charge is 0.186 e. The van der Waals surface area contributed by atoms with Crippen LogP contribution < -0.4 is 5.73 Å². The van der Waals surface area contributed by atoms with Crippen LogP contribution in [0.15, 0.2) is 0 Å². The van der Waals surface area contributed by atoms with Gasteiger partial charge in [0.1, 0.15) is 5.82 Å². The van der Waals surface area contributed by atoms with Crippen LogP contribution in [-0.2, 0) is 0 Å². The van der Waals surface area contributed by atoms with Crippen molar-refractivity contribution in [2.75, 3.05) is 5.73 Å². The number of nitrogens with two attached hydrogens (primary N) is 1. The van der Waals surface area contributed by atoms with Crippen molar-refractivity contribution in [2.24, 2.45) is 11.3 Å². The molecule has 1 aliphatic rings. The van der Waals surface area contributed by atoms with Gasteiger partial charge in [0.25, 0.3) is 0 Å². The molecule has 0 spiro atoms. The van der Waals surface area contributed by atoms with Crippen molar-refractivity contribution >= 4 is 5.82 Å². The van der Waals surface area contributed by atoms with Crippen molar-refractivity contribution in [3.8, 4) is 0 Å². The highest BCUT2D eigenvalue weighted by Gasteiger charge is 2.31. The largest absolute Gasteiger partial charge is 0.381 e. The SMILES string of the molecule is Cc1nc(C2CCC(C(C)(C)C)CC2)nc(N)c1F. The van der Waals surface area contributed by atoms with E-state index >= 15 is 0 Å². The second-order valence-electron chi connectivity index (χ2n) is 6.78. The lowest BCUT2D eigenvalue weighted by atomic mass is 9.69. The first-order chi connectivity index (χ1) is 8.79. The third-order valence-electron chi connectivity index (χ3n) is 4.38. The number of nitrogen functional groups attached to an aromatic ring is 1. The van der Waals surface area contributed by atoms with Gasteiger partial charge in [0.2, 0.25) is 0 Å². The molecule has 1 heterocycles. The van der Waals surface area contributed by atoms with Gasteiger partial charge in [-0.15, -0.1) is 0 Å². The van der Waals surface area contributed by atoms with Crippen LogP contribution in [-0.4, -0.2) is 9.97 Å². The molecule has 19 heavy (non-hydrogen) atoms. The summed E-state index contributed by atoms with van der Waals surface area (Å²) in [5.74, 6) is 1.32. The van der Waals surface area contributed by atoms with E-state index in [1.54, 1.807) is 6.92 Å². The van der Waals surface area contributed by atoms with Crippen LogP contribution in [0.4, 0.5) is 10.2 Å². The van der Waals surface area contributed by atoms with Gasteiger partial charge in [-0.25, -0.2) is 14.4 Å². The van der Waals surface area contributed by atoms with E-state index in [2.05, 4.69) is 30.7 Å². The standard InChI is InChI=1S/C15H24FN3/c1-9-12(16)13(17)19-14(18-9)10-5-7-11(8-6-10)15(2,3)4/h10-11H,5-8H2,1-4H3,(H2,17,18,19). The van der Waals surface area contributed by atoms with Crippen molar-refractivity contribution in [3.05, 3.63) is 17.3 Å². The lowest BCUT2D eigenvalue weighted by Gasteiger charge is -2.36. The minimum absolute atomic E-state index is 0.0135. The molecule has 3 nitrogen and oxygen atoms in total. The van der Waals surface area contributed by atoms with E-state index in [1.165, 1.54) is 12.8 Å². The zero-order valence-electron chi connectivity index (χ0n) is 12.3. The molecule has 0 bridgehead atoms. The molecular formula is C15H24FN3. The molecule has 0 saturated heterocycles. The molecule has 4 heteroatoms. The predicted octanol–water partition coefficient (Wildman–Crippen LogP) is 3.83. The molecule has 0 radical (unpaired) electrons. The topological polar surface area (TPSA) is 51.8 Å². The minimum Gasteiger partial charge on any atom is -0.381 e. The molecule has 0 aliphatic heterocycles. The van der Waals surface area contributed by atoms with E-state index in [1.807, 2.05) is 0 Å². The molecule has 1 fully saturated rings. The fraction of sp³-hybridized carbons (Fsp3) is 0.733. The first-order valence-electron chi connectivity index (χ1n) is 7.08. The van der Waals surface area contributed by atoms with Crippen LogP contribution in [0.2, 0.25) is 0 Å². The number of aryl methyl sites for hydroxylation is 1. The van der Waals surface area contributed by atoms with Gasteiger partial charge in [-0.05, 0) is 43.9 Å². The Morgan fingerprint density at radius 1 is 1.11 bits per heavy atom. The van der Waals surface area contributed by atoms with Crippen molar-refractivity contribution in [1.82, 2.24) is 9.97 Å². The van der Waals surface area contributed by atoms with Crippen LogP contribution in [0.1, 0.15) is 63.9 Å². The zero-order chi connectivity index (χ0) is 14.2. The van der Waals surface area contributed by atoms with Crippen molar-refractivity contribution < 1.29 is 4.39 Å². The van der Waals surface area contributed by atoms with Crippen LogP contribution in [0.3, 0.4) is 0 Å². The number of hydrogen-bond acceptors (Lipinski definition) is 3. The quantitative estimate of drug-likeness (QED) is 0.839. The van der Waals surface area contributed by atoms with Gasteiger partial charge in [0.15, 0.2) is 11.6 Å². The number of aromatic nitrogens is 2. The molecule has 0 aromatic carbocycles. The Morgan fingerprint density at radius 2 is 1.68 bits per heavy atom. The number of anilines is 1. The number of nitrogens with zero attached hydrogens (tertiary/aromatic N) is 2. The summed E-state index contributed by atoms with van der Waals surface area (Å²) in [6.45, 7) is 8.55. The van der Waals surface area contributed by atoms with Gasteiger partial charge in [0, 0.05) is 5.92 Å². The highest BCUT2D eigenvalue weighted by Crippen LogP contribution is 2.42. The van der Waals surface area contributed by atoms with Gasteiger partial charge in [-0.3, -0.25) is 0 Å². The van der Waals surface area contributed by atoms with E-state index in [4.69, 9.17) is 5.73 Å². The summed E-state index contributed by atoms with van der Waals surface area (Å²) >= 11 is 0. The van der Waals surface area contributed by atoms with E-state index < -0.39 is 5.82 Å². The van der Waals surface area contributed by atoms with Crippen LogP contribution in [0, 0.1) is 24.1 Å². The van der Waals surface area contributed by atoms with E-state index in [9.17, 15) is 4.39 Å². The molecule has 1 aromatic rings. The third kappa shape index (κ3) is 3.04. The maximum absolute atomic E-state index is 13.4. The molecule has 106 valence electrons. The van der Waals surface area contributed by atoms with Crippen molar-refractivity contribution in [2.45, 2.75) is 59.3 Å². The normalized spacial score (nSPS) is 24.5. The first-order valence-corrected chi connectivity index (χ1v) is 7.08. The first kappa shape index (κ1) is 14.2. The van der Waals surface area contributed by atoms with E-state index in [-0.39, 0.29) is 5.82 Å². The Kier molecular flexibility index (Phi) is 3.79. The molecule has 0 amide bonds. The minimum atomic E-state index is -0.480. The van der Waals surface area contributed by atoms with Crippen molar-refractivity contribution in [1.29, 1.82) is 0 Å². The van der Waals surface area contributed by atoms with Crippen LogP contribution in [0.5, 0.6) is 0 Å². The fourth-order valence-electron chi connectivity index (χ4n) is 3.00. The Bertz CT molecular complexity index is 434. The summed E-state index contributed by atoms with van der Waals surface area (Å²) in [7, 11) is 0. The van der Waals surface area contributed by atoms with Crippen LogP contribution in [0.25, 0.3) is 0 Å². The number of halogens is 1. The Hall–Kier alpha value is -1.19. The molecule has 0 atom stereocenters. The number of hydrogen-bond donors (Lipinski definition) is 1. The summed E-state index contributed by atoms with van der Waals surface area (Å²) < 4.78 is 13.4. The lowest BCUT2D eigenvalue weighted by Crippen LogP contribution is -2.26. The van der Waals surface area contributed by atoms with E-state index in [0.29, 0.717) is 17.0 Å². The Morgan fingerprint density at radius 3 is 2.16 bits per heavy atom. The molecule has 1 aliphatic carbocycles. The molecule has 1 aromatic heterocycles. The van der Waals surface area contributed by atoms with Crippen LogP contribution >= 0.6 is 0 Å². The summed E-state index contributed by atoms with van der Waals surface area (Å²) in [4.78, 5) is 8.41. The number of rotatable bonds is 1. The zero-order valence-corrected chi connectivity index (χ0v) is 12.3. The van der Waals surface area contributed by atoms with Crippen molar-refractivity contribution in [3.63, 3.8) is 0 Å². The second kappa shape index (κ2) is 5.06. The van der Waals surface area contributed by atoms with Gasteiger partial charge in [-0.2, -0.15) is 0 Å². The van der Waals surface area contributed by atoms with E-state index in [0.717, 1.165) is 24.6 Å². The average Bonchev–Trinajstić information content (AvgIpc) is 2.34. The summed E-state index contributed by atoms with van der Waals surface area (Å²) in [5, 5.41) is 0. The molecule has 2 rings (SSSR count). The third-order valence-corrected chi connectivity index (χ3v) is 4.38. The molecule has 2 N–H and O–H groups in total.